The molecule has 0 unspecified atom stereocenters. The van der Waals surface area contributed by atoms with Gasteiger partial charge in [-0.3, -0.25) is 4.72 Å². The van der Waals surface area contributed by atoms with E-state index in [1.165, 1.54) is 0 Å². The molecule has 0 aliphatic heterocycles. The van der Waals surface area contributed by atoms with Gasteiger partial charge in [0.05, 0.1) is 15.2 Å². The summed E-state index contributed by atoms with van der Waals surface area (Å²) in [4.78, 5) is -0.577. The van der Waals surface area contributed by atoms with E-state index in [2.05, 4.69) is 15.9 Å². The van der Waals surface area contributed by atoms with Crippen LogP contribution in [0.3, 0.4) is 0 Å². The number of rotatable bonds is 3. The van der Waals surface area contributed by atoms with Crippen LogP contribution in [0.5, 0.6) is 0 Å². The van der Waals surface area contributed by atoms with Crippen molar-refractivity contribution >= 4 is 43.2 Å². The predicted octanol–water partition coefficient (Wildman–Crippen LogP) is 4.32. The van der Waals surface area contributed by atoms with Gasteiger partial charge in [0.2, 0.25) is 0 Å². The third-order valence-electron chi connectivity index (χ3n) is 2.44. The molecule has 0 saturated carbocycles. The van der Waals surface area contributed by atoms with E-state index >= 15 is 0 Å². The first-order valence-electron chi connectivity index (χ1n) is 5.33. The van der Waals surface area contributed by atoms with E-state index in [0.29, 0.717) is 12.1 Å². The fourth-order valence-corrected chi connectivity index (χ4v) is 3.37. The van der Waals surface area contributed by atoms with Crippen molar-refractivity contribution in [2.75, 3.05) is 4.72 Å². The molecule has 0 amide bonds. The van der Waals surface area contributed by atoms with E-state index in [4.69, 9.17) is 11.6 Å². The van der Waals surface area contributed by atoms with Gasteiger partial charge in [0.15, 0.2) is 0 Å². The highest BCUT2D eigenvalue weighted by Crippen LogP contribution is 2.28. The molecule has 0 saturated heterocycles. The van der Waals surface area contributed by atoms with Crippen molar-refractivity contribution in [2.24, 2.45) is 0 Å². The maximum absolute atomic E-state index is 13.6. The summed E-state index contributed by atoms with van der Waals surface area (Å²) in [6.07, 6.45) is 0. The number of benzene rings is 2. The van der Waals surface area contributed by atoms with Gasteiger partial charge in [0, 0.05) is 6.07 Å². The number of hydrogen-bond donors (Lipinski definition) is 1. The number of sulfonamides is 1. The lowest BCUT2D eigenvalue weighted by atomic mass is 10.3. The van der Waals surface area contributed by atoms with Gasteiger partial charge in [-0.2, -0.15) is 0 Å². The van der Waals surface area contributed by atoms with Gasteiger partial charge in [-0.05, 0) is 40.2 Å². The van der Waals surface area contributed by atoms with Crippen molar-refractivity contribution in [3.8, 4) is 0 Å². The van der Waals surface area contributed by atoms with E-state index < -0.39 is 38.1 Å². The van der Waals surface area contributed by atoms with Gasteiger partial charge in [0.1, 0.15) is 22.3 Å². The first kappa shape index (κ1) is 16.1. The van der Waals surface area contributed by atoms with Gasteiger partial charge in [0.25, 0.3) is 10.0 Å². The summed E-state index contributed by atoms with van der Waals surface area (Å²) in [7, 11) is -4.36. The summed E-state index contributed by atoms with van der Waals surface area (Å²) in [6.45, 7) is 0. The number of hydrogen-bond acceptors (Lipinski definition) is 2. The molecule has 0 aliphatic rings. The zero-order valence-corrected chi connectivity index (χ0v) is 13.2. The van der Waals surface area contributed by atoms with Crippen molar-refractivity contribution < 1.29 is 21.6 Å². The van der Waals surface area contributed by atoms with E-state index in [-0.39, 0.29) is 9.50 Å². The maximum Gasteiger partial charge on any atom is 0.263 e. The second-order valence-corrected chi connectivity index (χ2v) is 6.84. The molecule has 2 aromatic rings. The van der Waals surface area contributed by atoms with Crippen molar-refractivity contribution in [3.05, 3.63) is 57.3 Å². The lowest BCUT2D eigenvalue weighted by Crippen LogP contribution is -2.15. The first-order chi connectivity index (χ1) is 9.70. The van der Waals surface area contributed by atoms with Crippen molar-refractivity contribution in [3.63, 3.8) is 0 Å². The summed E-state index contributed by atoms with van der Waals surface area (Å²) >= 11 is 8.45. The Morgan fingerprint density at radius 3 is 2.38 bits per heavy atom. The summed E-state index contributed by atoms with van der Waals surface area (Å²) < 4.78 is 65.9. The average Bonchev–Trinajstić information content (AvgIpc) is 2.38. The molecule has 3 nitrogen and oxygen atoms in total. The van der Waals surface area contributed by atoms with E-state index in [9.17, 15) is 21.6 Å². The number of nitrogens with one attached hydrogen (secondary N) is 1. The Kier molecular flexibility index (Phi) is 4.50. The second kappa shape index (κ2) is 5.86. The molecule has 0 heterocycles. The van der Waals surface area contributed by atoms with Crippen LogP contribution in [0.15, 0.2) is 39.7 Å². The van der Waals surface area contributed by atoms with Crippen molar-refractivity contribution in [1.82, 2.24) is 0 Å². The fourth-order valence-electron chi connectivity index (χ4n) is 1.48. The molecule has 0 fully saturated rings. The second-order valence-electron chi connectivity index (χ2n) is 3.93. The Morgan fingerprint density at radius 1 is 1.05 bits per heavy atom. The predicted molar refractivity (Wildman–Crippen MR) is 76.3 cm³/mol. The Hall–Kier alpha value is -1.25. The van der Waals surface area contributed by atoms with Gasteiger partial charge >= 0.3 is 0 Å². The maximum atomic E-state index is 13.6. The van der Waals surface area contributed by atoms with Gasteiger partial charge in [-0.1, -0.05) is 11.6 Å². The first-order valence-corrected chi connectivity index (χ1v) is 7.98. The molecule has 0 radical (unpaired) electrons. The minimum atomic E-state index is -4.36. The number of halogens is 5. The van der Waals surface area contributed by atoms with Crippen LogP contribution in [0.1, 0.15) is 0 Å². The van der Waals surface area contributed by atoms with E-state index in [1.54, 1.807) is 0 Å². The molecular weight excluding hydrogens is 395 g/mol. The smallest absolute Gasteiger partial charge is 0.263 e. The minimum Gasteiger partial charge on any atom is -0.276 e. The van der Waals surface area contributed by atoms with Crippen LogP contribution >= 0.6 is 27.5 Å². The summed E-state index contributed by atoms with van der Waals surface area (Å²) in [6, 6.07) is 4.12. The molecule has 21 heavy (non-hydrogen) atoms. The highest BCUT2D eigenvalue weighted by molar-refractivity contribution is 9.10. The van der Waals surface area contributed by atoms with Crippen molar-refractivity contribution in [2.45, 2.75) is 4.90 Å². The van der Waals surface area contributed by atoms with Gasteiger partial charge in [-0.25, -0.2) is 21.6 Å². The topological polar surface area (TPSA) is 46.2 Å². The van der Waals surface area contributed by atoms with Crippen LogP contribution in [-0.2, 0) is 10.0 Å². The third kappa shape index (κ3) is 3.50. The summed E-state index contributed by atoms with van der Waals surface area (Å²) in [5.74, 6) is -2.69. The molecule has 9 heteroatoms. The number of anilines is 1. The Morgan fingerprint density at radius 2 is 1.71 bits per heavy atom. The van der Waals surface area contributed by atoms with E-state index in [0.717, 1.165) is 18.2 Å². The van der Waals surface area contributed by atoms with Crippen LogP contribution in [0.25, 0.3) is 0 Å². The SMILES string of the molecule is O=S(=O)(Nc1cc(F)c(Br)cc1F)c1cc(F)ccc1Cl. The molecular formula is C12H6BrClF3NO2S. The summed E-state index contributed by atoms with van der Waals surface area (Å²) in [5, 5.41) is -0.248. The normalized spacial score (nSPS) is 11.5. The average molecular weight is 401 g/mol. The quantitative estimate of drug-likeness (QED) is 0.780. The fraction of sp³-hybridized carbons (Fsp3) is 0. The van der Waals surface area contributed by atoms with Gasteiger partial charge < -0.3 is 0 Å². The monoisotopic (exact) mass is 399 g/mol. The Bertz CT molecular complexity index is 814. The van der Waals surface area contributed by atoms with Crippen LogP contribution in [0.4, 0.5) is 18.9 Å². The van der Waals surface area contributed by atoms with Crippen LogP contribution in [0.2, 0.25) is 5.02 Å². The minimum absolute atomic E-state index is 0.160. The molecule has 1 N–H and O–H groups in total. The van der Waals surface area contributed by atoms with Crippen molar-refractivity contribution in [1.29, 1.82) is 0 Å². The Labute approximate surface area is 131 Å². The molecule has 2 aromatic carbocycles. The standard InChI is InChI=1S/C12H6BrClF3NO2S/c13-7-4-10(17)11(5-9(7)16)18-21(19,20)12-3-6(15)1-2-8(12)14/h1-5,18H. The lowest BCUT2D eigenvalue weighted by Gasteiger charge is -2.11. The molecule has 0 aromatic heterocycles. The van der Waals surface area contributed by atoms with Crippen LogP contribution in [0, 0.1) is 17.5 Å². The molecule has 0 atom stereocenters. The Balaban J connectivity index is 2.47. The van der Waals surface area contributed by atoms with Crippen LogP contribution in [-0.4, -0.2) is 8.42 Å². The highest BCUT2D eigenvalue weighted by atomic mass is 79.9. The molecule has 0 bridgehead atoms. The molecule has 112 valence electrons. The largest absolute Gasteiger partial charge is 0.276 e. The lowest BCUT2D eigenvalue weighted by molar-refractivity contribution is 0.589. The third-order valence-corrected chi connectivity index (χ3v) is 4.89. The highest BCUT2D eigenvalue weighted by Gasteiger charge is 2.21. The molecule has 2 rings (SSSR count). The summed E-state index contributed by atoms with van der Waals surface area (Å²) in [5.41, 5.74) is -0.615. The van der Waals surface area contributed by atoms with Gasteiger partial charge in [-0.15, -0.1) is 0 Å². The zero-order valence-electron chi connectivity index (χ0n) is 10.0. The van der Waals surface area contributed by atoms with E-state index in [1.807, 2.05) is 4.72 Å². The molecule has 0 spiro atoms. The zero-order chi connectivity index (χ0) is 15.8. The van der Waals surface area contributed by atoms with Crippen LogP contribution < -0.4 is 4.72 Å². The molecule has 0 aliphatic carbocycles.